The van der Waals surface area contributed by atoms with Crippen LogP contribution in [-0.2, 0) is 23.8 Å². The molecule has 3 aromatic carbocycles. The van der Waals surface area contributed by atoms with Crippen molar-refractivity contribution >= 4 is 17.9 Å². The fourth-order valence-electron chi connectivity index (χ4n) is 22.5. The van der Waals surface area contributed by atoms with E-state index in [-0.39, 0.29) is 17.9 Å². The number of benzene rings is 3. The lowest BCUT2D eigenvalue weighted by Crippen LogP contribution is -2.28. The van der Waals surface area contributed by atoms with Gasteiger partial charge in [0.15, 0.2) is 0 Å². The lowest BCUT2D eigenvalue weighted by molar-refractivity contribution is -0.144. The number of ether oxygens (including phenoxy) is 3. The van der Waals surface area contributed by atoms with Crippen molar-refractivity contribution in [2.24, 2.45) is 166 Å². The minimum atomic E-state index is -0.177. The molecule has 1 N–H and O–H groups in total. The van der Waals surface area contributed by atoms with Crippen LogP contribution >= 0.6 is 0 Å². The molecular formula is C81H120O7. The second-order valence-corrected chi connectivity index (χ2v) is 32.5. The fraction of sp³-hybridized carbons (Fsp3) is 0.741. The zero-order valence-corrected chi connectivity index (χ0v) is 57.2. The van der Waals surface area contributed by atoms with E-state index >= 15 is 0 Å². The molecule has 30 atom stereocenters. The second-order valence-electron chi connectivity index (χ2n) is 32.5. The van der Waals surface area contributed by atoms with E-state index in [0.29, 0.717) is 55.7 Å². The van der Waals surface area contributed by atoms with Crippen molar-refractivity contribution < 1.29 is 33.7 Å². The van der Waals surface area contributed by atoms with E-state index in [1.165, 1.54) is 90.9 Å². The topological polar surface area (TPSA) is 99.1 Å². The highest BCUT2D eigenvalue weighted by Crippen LogP contribution is 2.61. The molecular weight excluding hydrogens is 1080 g/mol. The first-order valence-electron chi connectivity index (χ1n) is 36.3. The number of rotatable bonds is 10. The Morgan fingerprint density at radius 2 is 0.591 bits per heavy atom. The molecule has 12 saturated carbocycles. The number of aliphatic hydroxyl groups is 1. The summed E-state index contributed by atoms with van der Waals surface area (Å²) in [6.45, 7) is 34.1. The largest absolute Gasteiger partial charge is 0.466 e. The van der Waals surface area contributed by atoms with E-state index in [1.807, 2.05) is 30.3 Å². The van der Waals surface area contributed by atoms with Gasteiger partial charge in [0, 0.05) is 20.5 Å². The maximum Gasteiger partial charge on any atom is 0.338 e. The van der Waals surface area contributed by atoms with Crippen LogP contribution in [-0.4, -0.2) is 49.4 Å². The number of carbonyl (C=O) groups is 3. The Bertz CT molecular complexity index is 2560. The summed E-state index contributed by atoms with van der Waals surface area (Å²) in [5.41, 5.74) is 3.83. The molecule has 486 valence electrons. The van der Waals surface area contributed by atoms with Gasteiger partial charge in [-0.1, -0.05) is 162 Å². The van der Waals surface area contributed by atoms with E-state index in [4.69, 9.17) is 19.3 Å². The Hall–Kier alpha value is -3.97. The summed E-state index contributed by atoms with van der Waals surface area (Å²) in [5.74, 6) is 25.3. The van der Waals surface area contributed by atoms with Gasteiger partial charge in [-0.05, 0) is 278 Å². The molecule has 0 amide bonds. The average Bonchev–Trinajstić information content (AvgIpc) is 2.81. The zero-order valence-electron chi connectivity index (χ0n) is 57.2. The van der Waals surface area contributed by atoms with Crippen LogP contribution in [0.4, 0.5) is 0 Å². The van der Waals surface area contributed by atoms with Crippen molar-refractivity contribution in [1.82, 2.24) is 0 Å². The van der Waals surface area contributed by atoms with E-state index in [1.54, 1.807) is 11.1 Å². The van der Waals surface area contributed by atoms with Crippen molar-refractivity contribution in [1.29, 1.82) is 0 Å². The van der Waals surface area contributed by atoms with Gasteiger partial charge in [-0.25, -0.2) is 4.79 Å². The summed E-state index contributed by atoms with van der Waals surface area (Å²) < 4.78 is 15.8. The Morgan fingerprint density at radius 3 is 0.864 bits per heavy atom. The van der Waals surface area contributed by atoms with E-state index in [2.05, 4.69) is 144 Å². The molecule has 7 nitrogen and oxygen atoms in total. The minimum Gasteiger partial charge on any atom is -0.466 e. The van der Waals surface area contributed by atoms with Gasteiger partial charge in [-0.15, -0.1) is 0 Å². The van der Waals surface area contributed by atoms with E-state index in [9.17, 15) is 14.4 Å². The van der Waals surface area contributed by atoms with Gasteiger partial charge in [0.25, 0.3) is 0 Å². The molecule has 3 aromatic rings. The molecule has 0 heterocycles. The van der Waals surface area contributed by atoms with Crippen molar-refractivity contribution in [3.05, 3.63) is 108 Å². The summed E-state index contributed by atoms with van der Waals surface area (Å²) in [7, 11) is 0. The van der Waals surface area contributed by atoms with E-state index < -0.39 is 0 Å². The second kappa shape index (κ2) is 29.3. The third-order valence-corrected chi connectivity index (χ3v) is 29.1. The minimum absolute atomic E-state index is 0.131. The number of hydrogen-bond donors (Lipinski definition) is 1. The predicted octanol–water partition coefficient (Wildman–Crippen LogP) is 18.8. The molecule has 12 aliphatic rings. The lowest BCUT2D eigenvalue weighted by Gasteiger charge is -2.32. The van der Waals surface area contributed by atoms with Crippen molar-refractivity contribution in [2.45, 2.75) is 186 Å². The summed E-state index contributed by atoms with van der Waals surface area (Å²) in [6, 6.07) is 31.6. The summed E-state index contributed by atoms with van der Waals surface area (Å²) in [4.78, 5) is 33.4. The number of hydrogen-bond acceptors (Lipinski definition) is 7. The van der Waals surface area contributed by atoms with Crippen molar-refractivity contribution in [3.8, 4) is 0 Å². The zero-order chi connectivity index (χ0) is 62.8. The first-order chi connectivity index (χ1) is 42.1. The van der Waals surface area contributed by atoms with Crippen LogP contribution < -0.4 is 0 Å². The molecule has 0 aliphatic heterocycles. The fourth-order valence-corrected chi connectivity index (χ4v) is 22.5. The highest BCUT2D eigenvalue weighted by atomic mass is 16.5. The highest BCUT2D eigenvalue weighted by Gasteiger charge is 2.53. The molecule has 0 aromatic heterocycles. The Morgan fingerprint density at radius 1 is 0.330 bits per heavy atom. The lowest BCUT2D eigenvalue weighted by atomic mass is 9.73. The van der Waals surface area contributed by atoms with Crippen LogP contribution in [0.3, 0.4) is 0 Å². The van der Waals surface area contributed by atoms with Crippen LogP contribution in [0, 0.1) is 166 Å². The summed E-state index contributed by atoms with van der Waals surface area (Å²) >= 11 is 0. The van der Waals surface area contributed by atoms with Crippen LogP contribution in [0.15, 0.2) is 91.0 Å². The maximum absolute atomic E-state index is 11.9. The highest BCUT2D eigenvalue weighted by molar-refractivity contribution is 5.89. The standard InChI is InChI=1S/C17H22O2.2C15H20.2C12H20O2.C10H18O/c1-11-12(2)16-9-14(11)8-15(16)10-19-17(18)13-6-4-3-5-7-13;2*1-10-11(2)14-8-13(10)9-15(14)12-6-4-3-5-7-12;2*1-7-8(2)12-5-10(7)4-11(12)6-14-9(3)13;1-6-7(2)10-4-8(6)3-9(10)5-11/h3-7,11-12,14-16H,8-10H2,1-2H3;2*3-7,10-11,13-15H,8-9H2,1-2H3;2*7-8,10-12H,4-6H2,1-3H3;6-11H,3-5H2,1-2H3/t11?,12?,14-,15?,16+;2*10?,11?,13-,14-,15?;2*7?,8?,10-,11?,12+;6?,7?,8-,9?,10+/m011000/s1. The monoisotopic (exact) mass is 1200 g/mol. The summed E-state index contributed by atoms with van der Waals surface area (Å²) in [5, 5.41) is 9.09. The first-order valence-corrected chi connectivity index (χ1v) is 36.3. The third kappa shape index (κ3) is 14.5. The van der Waals surface area contributed by atoms with Crippen LogP contribution in [0.2, 0.25) is 0 Å². The SMILES string of the molecule is CC(=O)OCC1C[C@H]2C[C@@H]1C(C)C2C.CC(=O)OCC1C[C@H]2C[C@@H]1C(C)C2C.CC1C(C)[C@H]2C[C@@H]1CC2CO.CC1C(C)[C@H]2C[C@@H]1CC2COC(=O)c1ccccc1.CC1C(C)[C@H]2C[C@@H]1CC2c1ccccc1.CC1C(C)[C@H]2C[C@@H]1CC2c1ccccc1. The van der Waals surface area contributed by atoms with Crippen LogP contribution in [0.5, 0.6) is 0 Å². The van der Waals surface area contributed by atoms with Gasteiger partial charge >= 0.3 is 17.9 Å². The Labute approximate surface area is 534 Å². The molecule has 88 heavy (non-hydrogen) atoms. The molecule has 15 rings (SSSR count). The number of fused-ring (bicyclic) bond motifs is 12. The normalized spacial score (nSPS) is 44.1. The smallest absolute Gasteiger partial charge is 0.338 e. The van der Waals surface area contributed by atoms with Gasteiger partial charge in [-0.2, -0.15) is 0 Å². The molecule has 0 saturated heterocycles. The number of carbonyl (C=O) groups excluding carboxylic acids is 3. The van der Waals surface area contributed by atoms with E-state index in [0.717, 1.165) is 154 Å². The number of esters is 3. The average molecular weight is 1210 g/mol. The molecule has 12 aliphatic carbocycles. The summed E-state index contributed by atoms with van der Waals surface area (Å²) in [6.07, 6.45) is 16.5. The first kappa shape index (κ1) is 66.9. The Balaban J connectivity index is 0.000000117. The van der Waals surface area contributed by atoms with Gasteiger partial charge < -0.3 is 19.3 Å². The molecule has 18 unspecified atom stereocenters. The maximum atomic E-state index is 11.9. The molecule has 12 bridgehead atoms. The predicted molar refractivity (Wildman–Crippen MR) is 357 cm³/mol. The molecule has 12 fully saturated rings. The quantitative estimate of drug-likeness (QED) is 0.159. The van der Waals surface area contributed by atoms with Crippen LogP contribution in [0.1, 0.15) is 207 Å². The third-order valence-electron chi connectivity index (χ3n) is 29.1. The Kier molecular flexibility index (Phi) is 22.3. The van der Waals surface area contributed by atoms with Crippen LogP contribution in [0.25, 0.3) is 0 Å². The van der Waals surface area contributed by atoms with Gasteiger partial charge in [0.05, 0.1) is 25.4 Å². The van der Waals surface area contributed by atoms with Gasteiger partial charge in [-0.3, -0.25) is 9.59 Å². The van der Waals surface area contributed by atoms with Crippen molar-refractivity contribution in [2.75, 3.05) is 26.4 Å². The molecule has 7 heteroatoms. The van der Waals surface area contributed by atoms with Crippen molar-refractivity contribution in [3.63, 3.8) is 0 Å². The van der Waals surface area contributed by atoms with Gasteiger partial charge in [0.2, 0.25) is 0 Å². The van der Waals surface area contributed by atoms with Gasteiger partial charge in [0.1, 0.15) is 0 Å². The number of aliphatic hydroxyl groups excluding tert-OH is 1. The molecule has 0 radical (unpaired) electrons. The molecule has 0 spiro atoms.